The first-order chi connectivity index (χ1) is 11.8. The van der Waals surface area contributed by atoms with Crippen LogP contribution in [0, 0.1) is 0 Å². The van der Waals surface area contributed by atoms with E-state index in [1.54, 1.807) is 0 Å². The van der Waals surface area contributed by atoms with Gasteiger partial charge in [0.05, 0.1) is 0 Å². The lowest BCUT2D eigenvalue weighted by atomic mass is 10.1. The third-order valence-corrected chi connectivity index (χ3v) is 5.22. The summed E-state index contributed by atoms with van der Waals surface area (Å²) in [6.45, 7) is 4.97. The van der Waals surface area contributed by atoms with E-state index in [2.05, 4.69) is 34.5 Å². The number of nitrogens with one attached hydrogen (secondary N) is 1. The number of hydrogen-bond acceptors (Lipinski definition) is 3. The summed E-state index contributed by atoms with van der Waals surface area (Å²) in [6, 6.07) is 8.68. The molecule has 2 fully saturated rings. The highest BCUT2D eigenvalue weighted by Crippen LogP contribution is 2.21. The molecule has 2 aliphatic rings. The molecule has 1 N–H and O–H groups in total. The molecule has 132 valence electrons. The molecule has 2 saturated heterocycles. The molecule has 0 radical (unpaired) electrons. The summed E-state index contributed by atoms with van der Waals surface area (Å²) < 4.78 is 0. The minimum Gasteiger partial charge on any atom is -0.385 e. The Kier molecular flexibility index (Phi) is 6.39. The number of piperidine rings is 1. The number of likely N-dealkylation sites (tertiary alicyclic amines) is 1. The van der Waals surface area contributed by atoms with E-state index in [1.807, 2.05) is 4.90 Å². The zero-order chi connectivity index (χ0) is 16.6. The highest BCUT2D eigenvalue weighted by atomic mass is 16.2. The Morgan fingerprint density at radius 1 is 0.833 bits per heavy atom. The standard InChI is InChI=1S/C20H31N3O/c24-20(23-16-4-1-2-5-17-23)12-13-21-18-8-10-19(11-9-18)22-14-6-3-7-15-22/h8-11,21H,1-7,12-17H2. The van der Waals surface area contributed by atoms with E-state index in [-0.39, 0.29) is 0 Å². The Hall–Kier alpha value is -1.71. The molecular formula is C20H31N3O. The first kappa shape index (κ1) is 17.1. The van der Waals surface area contributed by atoms with Crippen LogP contribution in [0.2, 0.25) is 0 Å². The lowest BCUT2D eigenvalue weighted by Gasteiger charge is -2.28. The molecule has 2 heterocycles. The first-order valence-corrected chi connectivity index (χ1v) is 9.69. The Labute approximate surface area is 146 Å². The van der Waals surface area contributed by atoms with E-state index < -0.39 is 0 Å². The van der Waals surface area contributed by atoms with E-state index >= 15 is 0 Å². The van der Waals surface area contributed by atoms with Crippen LogP contribution in [0.25, 0.3) is 0 Å². The highest BCUT2D eigenvalue weighted by molar-refractivity contribution is 5.76. The zero-order valence-corrected chi connectivity index (χ0v) is 14.8. The number of amides is 1. The quantitative estimate of drug-likeness (QED) is 0.890. The van der Waals surface area contributed by atoms with Crippen LogP contribution in [-0.4, -0.2) is 43.5 Å². The molecule has 4 heteroatoms. The summed E-state index contributed by atoms with van der Waals surface area (Å²) in [5.74, 6) is 0.300. The zero-order valence-electron chi connectivity index (χ0n) is 14.8. The maximum atomic E-state index is 12.3. The van der Waals surface area contributed by atoms with Gasteiger partial charge in [-0.1, -0.05) is 12.8 Å². The fourth-order valence-electron chi connectivity index (χ4n) is 3.73. The van der Waals surface area contributed by atoms with Crippen molar-refractivity contribution in [2.24, 2.45) is 0 Å². The Balaban J connectivity index is 1.42. The van der Waals surface area contributed by atoms with Crippen LogP contribution in [0.5, 0.6) is 0 Å². The molecule has 0 bridgehead atoms. The third-order valence-electron chi connectivity index (χ3n) is 5.22. The van der Waals surface area contributed by atoms with Gasteiger partial charge in [-0.25, -0.2) is 0 Å². The topological polar surface area (TPSA) is 35.6 Å². The van der Waals surface area contributed by atoms with Gasteiger partial charge in [0, 0.05) is 50.5 Å². The molecule has 0 atom stereocenters. The fraction of sp³-hybridized carbons (Fsp3) is 0.650. The van der Waals surface area contributed by atoms with Crippen LogP contribution in [-0.2, 0) is 4.79 Å². The molecule has 24 heavy (non-hydrogen) atoms. The molecule has 1 amide bonds. The van der Waals surface area contributed by atoms with Crippen molar-refractivity contribution in [2.45, 2.75) is 51.4 Å². The van der Waals surface area contributed by atoms with Crippen LogP contribution < -0.4 is 10.2 Å². The number of anilines is 2. The number of nitrogens with zero attached hydrogens (tertiary/aromatic N) is 2. The average Bonchev–Trinajstić information content (AvgIpc) is 2.92. The van der Waals surface area contributed by atoms with Gasteiger partial charge >= 0.3 is 0 Å². The third kappa shape index (κ3) is 4.89. The summed E-state index contributed by atoms with van der Waals surface area (Å²) in [7, 11) is 0. The first-order valence-electron chi connectivity index (χ1n) is 9.69. The van der Waals surface area contributed by atoms with Crippen LogP contribution >= 0.6 is 0 Å². The molecule has 0 aliphatic carbocycles. The predicted octanol–water partition coefficient (Wildman–Crippen LogP) is 3.88. The van der Waals surface area contributed by atoms with Gasteiger partial charge in [-0.15, -0.1) is 0 Å². The van der Waals surface area contributed by atoms with Crippen molar-refractivity contribution in [1.29, 1.82) is 0 Å². The van der Waals surface area contributed by atoms with Gasteiger partial charge in [0.25, 0.3) is 0 Å². The number of carbonyl (C=O) groups excluding carboxylic acids is 1. The Morgan fingerprint density at radius 3 is 2.08 bits per heavy atom. The number of benzene rings is 1. The molecule has 0 spiro atoms. The van der Waals surface area contributed by atoms with Gasteiger partial charge in [0.15, 0.2) is 0 Å². The normalized spacial score (nSPS) is 19.0. The van der Waals surface area contributed by atoms with E-state index in [4.69, 9.17) is 0 Å². The number of rotatable bonds is 5. The molecule has 0 saturated carbocycles. The van der Waals surface area contributed by atoms with Crippen LogP contribution in [0.4, 0.5) is 11.4 Å². The van der Waals surface area contributed by atoms with Gasteiger partial charge in [-0.2, -0.15) is 0 Å². The monoisotopic (exact) mass is 329 g/mol. The van der Waals surface area contributed by atoms with E-state index in [0.29, 0.717) is 12.3 Å². The smallest absolute Gasteiger partial charge is 0.224 e. The van der Waals surface area contributed by atoms with Crippen molar-refractivity contribution in [1.82, 2.24) is 4.90 Å². The second-order valence-electron chi connectivity index (χ2n) is 7.07. The van der Waals surface area contributed by atoms with Gasteiger partial charge in [-0.3, -0.25) is 4.79 Å². The lowest BCUT2D eigenvalue weighted by molar-refractivity contribution is -0.130. The molecule has 1 aromatic rings. The summed E-state index contributed by atoms with van der Waals surface area (Å²) >= 11 is 0. The molecule has 0 unspecified atom stereocenters. The van der Waals surface area contributed by atoms with Gasteiger partial charge in [-0.05, 0) is 56.4 Å². The maximum Gasteiger partial charge on any atom is 0.224 e. The van der Waals surface area contributed by atoms with Crippen molar-refractivity contribution in [3.8, 4) is 0 Å². The second-order valence-corrected chi connectivity index (χ2v) is 7.07. The van der Waals surface area contributed by atoms with Crippen molar-refractivity contribution in [3.05, 3.63) is 24.3 Å². The minimum atomic E-state index is 0.300. The predicted molar refractivity (Wildman–Crippen MR) is 101 cm³/mol. The van der Waals surface area contributed by atoms with Gasteiger partial charge in [0.1, 0.15) is 0 Å². The molecular weight excluding hydrogens is 298 g/mol. The van der Waals surface area contributed by atoms with Crippen molar-refractivity contribution >= 4 is 17.3 Å². The minimum absolute atomic E-state index is 0.300. The second kappa shape index (κ2) is 8.95. The fourth-order valence-corrected chi connectivity index (χ4v) is 3.73. The summed E-state index contributed by atoms with van der Waals surface area (Å²) in [5, 5.41) is 3.39. The SMILES string of the molecule is O=C(CCNc1ccc(N2CCCCC2)cc1)N1CCCCCC1. The average molecular weight is 329 g/mol. The molecule has 0 aromatic heterocycles. The summed E-state index contributed by atoms with van der Waals surface area (Å²) in [6.07, 6.45) is 9.43. The van der Waals surface area contributed by atoms with Crippen LogP contribution in [0.1, 0.15) is 51.4 Å². The molecule has 4 nitrogen and oxygen atoms in total. The van der Waals surface area contributed by atoms with Crippen molar-refractivity contribution in [2.75, 3.05) is 42.9 Å². The molecule has 2 aliphatic heterocycles. The number of carbonyl (C=O) groups is 1. The molecule has 3 rings (SSSR count). The highest BCUT2D eigenvalue weighted by Gasteiger charge is 2.15. The Bertz CT molecular complexity index is 500. The van der Waals surface area contributed by atoms with E-state index in [9.17, 15) is 4.79 Å². The maximum absolute atomic E-state index is 12.3. The van der Waals surface area contributed by atoms with Crippen molar-refractivity contribution < 1.29 is 4.79 Å². The van der Waals surface area contributed by atoms with Crippen molar-refractivity contribution in [3.63, 3.8) is 0 Å². The van der Waals surface area contributed by atoms with Gasteiger partial charge < -0.3 is 15.1 Å². The van der Waals surface area contributed by atoms with E-state index in [0.717, 1.165) is 38.2 Å². The Morgan fingerprint density at radius 2 is 1.42 bits per heavy atom. The largest absolute Gasteiger partial charge is 0.385 e. The molecule has 1 aromatic carbocycles. The lowest BCUT2D eigenvalue weighted by Crippen LogP contribution is -2.32. The summed E-state index contributed by atoms with van der Waals surface area (Å²) in [5.41, 5.74) is 2.43. The van der Waals surface area contributed by atoms with Gasteiger partial charge in [0.2, 0.25) is 5.91 Å². The number of hydrogen-bond donors (Lipinski definition) is 1. The van der Waals surface area contributed by atoms with E-state index in [1.165, 1.54) is 50.9 Å². The van der Waals surface area contributed by atoms with Crippen LogP contribution in [0.3, 0.4) is 0 Å². The summed E-state index contributed by atoms with van der Waals surface area (Å²) in [4.78, 5) is 16.8. The van der Waals surface area contributed by atoms with Crippen LogP contribution in [0.15, 0.2) is 24.3 Å².